The van der Waals surface area contributed by atoms with Gasteiger partial charge in [-0.2, -0.15) is 0 Å². The van der Waals surface area contributed by atoms with E-state index in [1.165, 1.54) is 0 Å². The molecule has 0 aliphatic carbocycles. The highest BCUT2D eigenvalue weighted by Gasteiger charge is 2.42. The number of benzene rings is 2. The fraction of sp³-hybridized carbons (Fsp3) is 0.0833. The Bertz CT molecular complexity index is 1230. The van der Waals surface area contributed by atoms with E-state index in [4.69, 9.17) is 23.8 Å². The topological polar surface area (TPSA) is 53.3 Å². The highest BCUT2D eigenvalue weighted by molar-refractivity contribution is 7.80. The van der Waals surface area contributed by atoms with Gasteiger partial charge in [0.05, 0.1) is 11.7 Å². The molecule has 0 amide bonds. The van der Waals surface area contributed by atoms with Crippen LogP contribution in [0.3, 0.4) is 0 Å². The fourth-order valence-electron chi connectivity index (χ4n) is 4.04. The first kappa shape index (κ1) is 19.6. The Kier molecular flexibility index (Phi) is 5.10. The molecule has 1 saturated heterocycles. The van der Waals surface area contributed by atoms with Gasteiger partial charge in [0.2, 0.25) is 0 Å². The Morgan fingerprint density at radius 1 is 0.935 bits per heavy atom. The Balaban J connectivity index is 1.67. The van der Waals surface area contributed by atoms with Gasteiger partial charge in [-0.05, 0) is 78.9 Å². The van der Waals surface area contributed by atoms with Gasteiger partial charge in [-0.15, -0.1) is 0 Å². The minimum absolute atomic E-state index is 0.157. The Morgan fingerprint density at radius 3 is 2.52 bits per heavy atom. The summed E-state index contributed by atoms with van der Waals surface area (Å²) >= 11 is 12.0. The number of rotatable bonds is 4. The lowest BCUT2D eigenvalue weighted by molar-refractivity contribution is 0.475. The maximum absolute atomic E-state index is 9.77. The van der Waals surface area contributed by atoms with Crippen molar-refractivity contribution in [3.63, 3.8) is 0 Å². The number of phenolic OH excluding ortho intramolecular Hbond substituents is 1. The SMILES string of the molecule is Oc1ccc(N2C(=S)N[C@@H](c3ccccn3)[C@H]2c2cccn2-c2cccc(Cl)c2)cc1. The van der Waals surface area contributed by atoms with Gasteiger partial charge >= 0.3 is 0 Å². The van der Waals surface area contributed by atoms with Crippen LogP contribution in [0.25, 0.3) is 5.69 Å². The summed E-state index contributed by atoms with van der Waals surface area (Å²) in [5.74, 6) is 0.210. The van der Waals surface area contributed by atoms with E-state index < -0.39 is 0 Å². The third-order valence-electron chi connectivity index (χ3n) is 5.40. The van der Waals surface area contributed by atoms with E-state index in [1.54, 1.807) is 18.3 Å². The summed E-state index contributed by atoms with van der Waals surface area (Å²) < 4.78 is 2.12. The first-order valence-corrected chi connectivity index (χ1v) is 10.6. The lowest BCUT2D eigenvalue weighted by Gasteiger charge is -2.29. The summed E-state index contributed by atoms with van der Waals surface area (Å²) in [6.07, 6.45) is 3.81. The van der Waals surface area contributed by atoms with Gasteiger partial charge in [-0.25, -0.2) is 0 Å². The molecule has 0 unspecified atom stereocenters. The second-order valence-corrected chi connectivity index (χ2v) is 8.12. The summed E-state index contributed by atoms with van der Waals surface area (Å²) in [7, 11) is 0. The van der Waals surface area contributed by atoms with Gasteiger partial charge in [0.25, 0.3) is 0 Å². The van der Waals surface area contributed by atoms with Gasteiger partial charge < -0.3 is 19.9 Å². The van der Waals surface area contributed by atoms with Gasteiger partial charge in [0.1, 0.15) is 11.8 Å². The number of halogens is 1. The number of phenols is 1. The van der Waals surface area contributed by atoms with Crippen LogP contribution in [-0.2, 0) is 0 Å². The smallest absolute Gasteiger partial charge is 0.174 e. The van der Waals surface area contributed by atoms with Crippen LogP contribution < -0.4 is 10.2 Å². The number of aromatic hydroxyl groups is 1. The Labute approximate surface area is 190 Å². The average Bonchev–Trinajstić information content (AvgIpc) is 3.39. The quantitative estimate of drug-likeness (QED) is 0.410. The number of thiocarbonyl (C=S) groups is 1. The van der Waals surface area contributed by atoms with Crippen molar-refractivity contribution in [2.24, 2.45) is 0 Å². The first-order chi connectivity index (χ1) is 15.1. The van der Waals surface area contributed by atoms with Gasteiger partial charge in [-0.1, -0.05) is 23.7 Å². The van der Waals surface area contributed by atoms with Crippen LogP contribution in [0.15, 0.2) is 91.3 Å². The molecule has 7 heteroatoms. The lowest BCUT2D eigenvalue weighted by Crippen LogP contribution is -2.30. The van der Waals surface area contributed by atoms with E-state index in [2.05, 4.69) is 25.8 Å². The Hall–Kier alpha value is -3.35. The number of anilines is 1. The van der Waals surface area contributed by atoms with E-state index >= 15 is 0 Å². The standard InChI is InChI=1S/C24H19ClN4OS/c25-16-5-3-6-18(15-16)28-14-4-8-21(28)23-22(20-7-1-2-13-26-20)27-24(31)29(23)17-9-11-19(30)12-10-17/h1-15,22-23,30H,(H,27,31)/t22-,23+/m0/s1. The molecule has 1 fully saturated rings. The molecule has 154 valence electrons. The zero-order valence-electron chi connectivity index (χ0n) is 16.4. The van der Waals surface area contributed by atoms with Crippen LogP contribution in [0.4, 0.5) is 5.69 Å². The third kappa shape index (κ3) is 3.65. The van der Waals surface area contributed by atoms with Crippen molar-refractivity contribution >= 4 is 34.6 Å². The molecule has 1 aliphatic heterocycles. The number of nitrogens with one attached hydrogen (secondary N) is 1. The monoisotopic (exact) mass is 446 g/mol. The minimum Gasteiger partial charge on any atom is -0.508 e. The number of pyridine rings is 1. The van der Waals surface area contributed by atoms with Gasteiger partial charge in [0.15, 0.2) is 5.11 Å². The summed E-state index contributed by atoms with van der Waals surface area (Å²) in [5, 5.41) is 14.5. The number of aromatic nitrogens is 2. The molecule has 0 spiro atoms. The van der Waals surface area contributed by atoms with Crippen molar-refractivity contribution in [2.75, 3.05) is 4.90 Å². The van der Waals surface area contributed by atoms with Crippen LogP contribution >= 0.6 is 23.8 Å². The molecule has 1 aliphatic rings. The molecular formula is C24H19ClN4OS. The van der Waals surface area contributed by atoms with E-state index in [9.17, 15) is 5.11 Å². The number of hydrogen-bond donors (Lipinski definition) is 2. The molecular weight excluding hydrogens is 428 g/mol. The molecule has 2 aromatic carbocycles. The molecule has 4 aromatic rings. The van der Waals surface area contributed by atoms with E-state index in [0.717, 1.165) is 22.8 Å². The second-order valence-electron chi connectivity index (χ2n) is 7.30. The molecule has 0 bridgehead atoms. The molecule has 31 heavy (non-hydrogen) atoms. The average molecular weight is 447 g/mol. The van der Waals surface area contributed by atoms with Crippen LogP contribution in [0, 0.1) is 0 Å². The molecule has 2 N–H and O–H groups in total. The maximum atomic E-state index is 9.77. The summed E-state index contributed by atoms with van der Waals surface area (Å²) in [4.78, 5) is 6.67. The van der Waals surface area contributed by atoms with Crippen LogP contribution in [0.5, 0.6) is 5.75 Å². The highest BCUT2D eigenvalue weighted by Crippen LogP contribution is 2.42. The van der Waals surface area contributed by atoms with E-state index in [-0.39, 0.29) is 17.8 Å². The van der Waals surface area contributed by atoms with E-state index in [1.807, 2.05) is 66.9 Å². The summed E-state index contributed by atoms with van der Waals surface area (Å²) in [6, 6.07) is 24.5. The van der Waals surface area contributed by atoms with Crippen LogP contribution in [-0.4, -0.2) is 19.8 Å². The van der Waals surface area contributed by atoms with Crippen molar-refractivity contribution in [1.29, 1.82) is 0 Å². The van der Waals surface area contributed by atoms with E-state index in [0.29, 0.717) is 10.1 Å². The van der Waals surface area contributed by atoms with Crippen molar-refractivity contribution in [2.45, 2.75) is 12.1 Å². The molecule has 5 rings (SSSR count). The van der Waals surface area contributed by atoms with Crippen molar-refractivity contribution < 1.29 is 5.11 Å². The summed E-state index contributed by atoms with van der Waals surface area (Å²) in [6.45, 7) is 0. The second kappa shape index (κ2) is 8.06. The molecule has 5 nitrogen and oxygen atoms in total. The summed E-state index contributed by atoms with van der Waals surface area (Å²) in [5.41, 5.74) is 3.79. The minimum atomic E-state index is -0.166. The lowest BCUT2D eigenvalue weighted by atomic mass is 10.0. The fourth-order valence-corrected chi connectivity index (χ4v) is 4.57. The van der Waals surface area contributed by atoms with Crippen molar-refractivity contribution in [3.8, 4) is 11.4 Å². The molecule has 2 atom stereocenters. The third-order valence-corrected chi connectivity index (χ3v) is 5.95. The maximum Gasteiger partial charge on any atom is 0.174 e. The van der Waals surface area contributed by atoms with Crippen LogP contribution in [0.1, 0.15) is 23.5 Å². The molecule has 0 radical (unpaired) electrons. The predicted octanol–water partition coefficient (Wildman–Crippen LogP) is 5.41. The normalized spacial score (nSPS) is 18.2. The first-order valence-electron chi connectivity index (χ1n) is 9.85. The Morgan fingerprint density at radius 2 is 1.77 bits per heavy atom. The molecule has 2 aromatic heterocycles. The number of hydrogen-bond acceptors (Lipinski definition) is 3. The molecule has 3 heterocycles. The predicted molar refractivity (Wildman–Crippen MR) is 127 cm³/mol. The van der Waals surface area contributed by atoms with Crippen molar-refractivity contribution in [3.05, 3.63) is 108 Å². The van der Waals surface area contributed by atoms with Gasteiger partial charge in [0, 0.05) is 34.5 Å². The van der Waals surface area contributed by atoms with Crippen molar-refractivity contribution in [1.82, 2.24) is 14.9 Å². The highest BCUT2D eigenvalue weighted by atomic mass is 35.5. The molecule has 0 saturated carbocycles. The van der Waals surface area contributed by atoms with Gasteiger partial charge in [-0.3, -0.25) is 4.98 Å². The number of nitrogens with zero attached hydrogens (tertiary/aromatic N) is 3. The zero-order valence-corrected chi connectivity index (χ0v) is 18.0. The van der Waals surface area contributed by atoms with Crippen LogP contribution in [0.2, 0.25) is 5.02 Å². The zero-order chi connectivity index (χ0) is 21.4. The largest absolute Gasteiger partial charge is 0.508 e.